The first-order valence-electron chi connectivity index (χ1n) is 3.05. The van der Waals surface area contributed by atoms with Crippen molar-refractivity contribution >= 4 is 6.29 Å². The first kappa shape index (κ1) is 8.16. The van der Waals surface area contributed by atoms with E-state index in [0.29, 0.717) is 6.42 Å². The number of carbonyl (C=O) groups is 1. The number of aldehydes is 1. The highest BCUT2D eigenvalue weighted by atomic mass is 16.1. The second-order valence-electron chi connectivity index (χ2n) is 2.38. The van der Waals surface area contributed by atoms with Crippen molar-refractivity contribution in [2.45, 2.75) is 20.3 Å². The van der Waals surface area contributed by atoms with Crippen molar-refractivity contribution in [2.24, 2.45) is 11.8 Å². The fourth-order valence-electron chi connectivity index (χ4n) is 0.666. The molecule has 0 saturated heterocycles. The van der Waals surface area contributed by atoms with Gasteiger partial charge in [-0.2, -0.15) is 5.26 Å². The zero-order valence-corrected chi connectivity index (χ0v) is 5.79. The van der Waals surface area contributed by atoms with Crippen LogP contribution in [-0.4, -0.2) is 6.29 Å². The van der Waals surface area contributed by atoms with Crippen LogP contribution in [0.2, 0.25) is 0 Å². The predicted octanol–water partition coefficient (Wildman–Crippen LogP) is 1.37. The molecular formula is C7H11NO. The Labute approximate surface area is 55.5 Å². The average molecular weight is 125 g/mol. The summed E-state index contributed by atoms with van der Waals surface area (Å²) in [7, 11) is 0. The molecule has 0 radical (unpaired) electrons. The molecule has 0 fully saturated rings. The Kier molecular flexibility index (Phi) is 3.70. The molecule has 0 aromatic carbocycles. The van der Waals surface area contributed by atoms with Gasteiger partial charge in [-0.15, -0.1) is 0 Å². The summed E-state index contributed by atoms with van der Waals surface area (Å²) in [5.41, 5.74) is 0. The largest absolute Gasteiger partial charge is 0.303 e. The van der Waals surface area contributed by atoms with Gasteiger partial charge in [0.2, 0.25) is 0 Å². The highest BCUT2D eigenvalue weighted by Crippen LogP contribution is 2.07. The van der Waals surface area contributed by atoms with Gasteiger partial charge in [0, 0.05) is 11.8 Å². The van der Waals surface area contributed by atoms with Gasteiger partial charge < -0.3 is 4.79 Å². The van der Waals surface area contributed by atoms with Crippen LogP contribution in [0.4, 0.5) is 0 Å². The maximum Gasteiger partial charge on any atom is 0.122 e. The highest BCUT2D eigenvalue weighted by molar-refractivity contribution is 5.52. The van der Waals surface area contributed by atoms with Gasteiger partial charge in [0.15, 0.2) is 0 Å². The van der Waals surface area contributed by atoms with E-state index >= 15 is 0 Å². The molecule has 0 rings (SSSR count). The van der Waals surface area contributed by atoms with Crippen molar-refractivity contribution in [2.75, 3.05) is 0 Å². The van der Waals surface area contributed by atoms with E-state index in [2.05, 4.69) is 6.07 Å². The Hall–Kier alpha value is -0.840. The van der Waals surface area contributed by atoms with Gasteiger partial charge in [-0.3, -0.25) is 0 Å². The number of carbonyl (C=O) groups excluding carboxylic acids is 1. The van der Waals surface area contributed by atoms with E-state index in [1.54, 1.807) is 0 Å². The maximum absolute atomic E-state index is 10.0. The van der Waals surface area contributed by atoms with Crippen LogP contribution >= 0.6 is 0 Å². The molecule has 2 heteroatoms. The van der Waals surface area contributed by atoms with Crippen LogP contribution in [0.1, 0.15) is 20.3 Å². The molecular weight excluding hydrogens is 114 g/mol. The zero-order chi connectivity index (χ0) is 7.28. The molecule has 0 aliphatic heterocycles. The minimum absolute atomic E-state index is 0.00481. The third kappa shape index (κ3) is 3.72. The normalized spacial score (nSPS) is 15.7. The molecule has 0 unspecified atom stereocenters. The van der Waals surface area contributed by atoms with Crippen molar-refractivity contribution in [1.82, 2.24) is 0 Å². The van der Waals surface area contributed by atoms with Crippen LogP contribution in [0.5, 0.6) is 0 Å². The van der Waals surface area contributed by atoms with E-state index in [-0.39, 0.29) is 11.8 Å². The van der Waals surface area contributed by atoms with Crippen LogP contribution in [0.15, 0.2) is 0 Å². The lowest BCUT2D eigenvalue weighted by molar-refractivity contribution is -0.110. The Morgan fingerprint density at radius 1 is 1.67 bits per heavy atom. The van der Waals surface area contributed by atoms with Crippen LogP contribution in [0.25, 0.3) is 0 Å². The monoisotopic (exact) mass is 125 g/mol. The molecule has 0 aliphatic carbocycles. The van der Waals surface area contributed by atoms with E-state index < -0.39 is 0 Å². The van der Waals surface area contributed by atoms with Gasteiger partial charge >= 0.3 is 0 Å². The van der Waals surface area contributed by atoms with Crippen molar-refractivity contribution in [3.63, 3.8) is 0 Å². The lowest BCUT2D eigenvalue weighted by atomic mass is 10.0. The third-order valence-electron chi connectivity index (χ3n) is 1.18. The summed E-state index contributed by atoms with van der Waals surface area (Å²) < 4.78 is 0. The van der Waals surface area contributed by atoms with E-state index in [1.165, 1.54) is 0 Å². The van der Waals surface area contributed by atoms with Crippen LogP contribution < -0.4 is 0 Å². The second-order valence-corrected chi connectivity index (χ2v) is 2.38. The van der Waals surface area contributed by atoms with E-state index in [0.717, 1.165) is 6.29 Å². The van der Waals surface area contributed by atoms with Crippen LogP contribution in [0, 0.1) is 23.2 Å². The van der Waals surface area contributed by atoms with Gasteiger partial charge in [0.25, 0.3) is 0 Å². The first-order chi connectivity index (χ1) is 4.20. The Balaban J connectivity index is 3.49. The summed E-state index contributed by atoms with van der Waals surface area (Å²) >= 11 is 0. The summed E-state index contributed by atoms with van der Waals surface area (Å²) in [6.45, 7) is 3.64. The molecule has 0 heterocycles. The predicted molar refractivity (Wildman–Crippen MR) is 34.6 cm³/mol. The quantitative estimate of drug-likeness (QED) is 0.534. The van der Waals surface area contributed by atoms with Gasteiger partial charge in [-0.05, 0) is 13.3 Å². The molecule has 0 spiro atoms. The highest BCUT2D eigenvalue weighted by Gasteiger charge is 2.04. The molecule has 0 bridgehead atoms. The van der Waals surface area contributed by atoms with Gasteiger partial charge in [-0.25, -0.2) is 0 Å². The molecule has 0 aromatic heterocycles. The van der Waals surface area contributed by atoms with Crippen LogP contribution in [0.3, 0.4) is 0 Å². The number of nitrogens with zero attached hydrogens (tertiary/aromatic N) is 1. The Morgan fingerprint density at radius 3 is 2.56 bits per heavy atom. The number of hydrogen-bond acceptors (Lipinski definition) is 2. The van der Waals surface area contributed by atoms with E-state index in [4.69, 9.17) is 5.26 Å². The van der Waals surface area contributed by atoms with Gasteiger partial charge in [-0.1, -0.05) is 6.92 Å². The topological polar surface area (TPSA) is 40.9 Å². The number of hydrogen-bond donors (Lipinski definition) is 0. The fraction of sp³-hybridized carbons (Fsp3) is 0.714. The summed E-state index contributed by atoms with van der Waals surface area (Å²) in [5.74, 6) is 0.0323. The Bertz CT molecular complexity index is 125. The summed E-state index contributed by atoms with van der Waals surface area (Å²) in [6.07, 6.45) is 1.56. The Morgan fingerprint density at radius 2 is 2.22 bits per heavy atom. The molecule has 0 saturated carbocycles. The molecule has 0 aliphatic rings. The summed E-state index contributed by atoms with van der Waals surface area (Å²) in [6, 6.07) is 2.07. The van der Waals surface area contributed by atoms with E-state index in [9.17, 15) is 4.79 Å². The zero-order valence-electron chi connectivity index (χ0n) is 5.79. The molecule has 2 nitrogen and oxygen atoms in total. The minimum Gasteiger partial charge on any atom is -0.303 e. The fourth-order valence-corrected chi connectivity index (χ4v) is 0.666. The van der Waals surface area contributed by atoms with Gasteiger partial charge in [0.05, 0.1) is 6.07 Å². The maximum atomic E-state index is 10.0. The van der Waals surface area contributed by atoms with Crippen molar-refractivity contribution in [3.05, 3.63) is 0 Å². The lowest BCUT2D eigenvalue weighted by Gasteiger charge is -2.02. The first-order valence-corrected chi connectivity index (χ1v) is 3.05. The molecule has 50 valence electrons. The molecule has 0 N–H and O–H groups in total. The molecule has 0 amide bonds. The molecule has 2 atom stereocenters. The average Bonchev–Trinajstić information content (AvgIpc) is 1.87. The minimum atomic E-state index is 0.00481. The smallest absolute Gasteiger partial charge is 0.122 e. The SMILES string of the molecule is C[C@H](C=O)C[C@@H](C)C#N. The van der Waals surface area contributed by atoms with Crippen molar-refractivity contribution in [1.29, 1.82) is 5.26 Å². The molecule has 9 heavy (non-hydrogen) atoms. The second kappa shape index (κ2) is 4.08. The third-order valence-corrected chi connectivity index (χ3v) is 1.18. The number of rotatable bonds is 3. The summed E-state index contributed by atoms with van der Waals surface area (Å²) in [4.78, 5) is 10.0. The van der Waals surface area contributed by atoms with Crippen LogP contribution in [-0.2, 0) is 4.79 Å². The standard InChI is InChI=1S/C7H11NO/c1-6(4-8)3-7(2)5-9/h5-7H,3H2,1-2H3/t6-,7+/m1/s1. The number of nitriles is 1. The van der Waals surface area contributed by atoms with Gasteiger partial charge in [0.1, 0.15) is 6.29 Å². The lowest BCUT2D eigenvalue weighted by Crippen LogP contribution is -2.01. The summed E-state index contributed by atoms with van der Waals surface area (Å²) in [5, 5.41) is 8.31. The molecule has 0 aromatic rings. The van der Waals surface area contributed by atoms with Crippen molar-refractivity contribution in [3.8, 4) is 6.07 Å². The van der Waals surface area contributed by atoms with Crippen molar-refractivity contribution < 1.29 is 4.79 Å². The van der Waals surface area contributed by atoms with E-state index in [1.807, 2.05) is 13.8 Å².